The minimum absolute atomic E-state index is 0.181. The van der Waals surface area contributed by atoms with Gasteiger partial charge in [0, 0.05) is 18.8 Å². The highest BCUT2D eigenvalue weighted by Crippen LogP contribution is 2.21. The predicted molar refractivity (Wildman–Crippen MR) is 96.8 cm³/mol. The van der Waals surface area contributed by atoms with Crippen molar-refractivity contribution in [3.05, 3.63) is 48.5 Å². The van der Waals surface area contributed by atoms with Crippen LogP contribution in [0.5, 0.6) is 11.5 Å². The molecule has 134 valence electrons. The number of hydrogen-bond acceptors (Lipinski definition) is 5. The first-order valence-electron chi connectivity index (χ1n) is 7.40. The number of amides is 1. The van der Waals surface area contributed by atoms with Crippen molar-refractivity contribution in [2.45, 2.75) is 0 Å². The summed E-state index contributed by atoms with van der Waals surface area (Å²) in [6.07, 6.45) is 1.11. The zero-order valence-corrected chi connectivity index (χ0v) is 15.0. The van der Waals surface area contributed by atoms with Crippen molar-refractivity contribution in [3.8, 4) is 11.5 Å². The molecule has 0 radical (unpaired) electrons. The second kappa shape index (κ2) is 7.89. The van der Waals surface area contributed by atoms with Gasteiger partial charge in [-0.25, -0.2) is 8.42 Å². The summed E-state index contributed by atoms with van der Waals surface area (Å²) in [4.78, 5) is 12.0. The summed E-state index contributed by atoms with van der Waals surface area (Å²) in [5.74, 6) is 0.788. The van der Waals surface area contributed by atoms with Crippen molar-refractivity contribution >= 4 is 27.3 Å². The first-order chi connectivity index (χ1) is 11.8. The first kappa shape index (κ1) is 18.6. The number of carbonyl (C=O) groups is 1. The summed E-state index contributed by atoms with van der Waals surface area (Å²) < 4.78 is 34.8. The molecule has 0 saturated carbocycles. The minimum atomic E-state index is -3.37. The number of sulfonamides is 1. The average molecular weight is 364 g/mol. The third-order valence-electron chi connectivity index (χ3n) is 3.40. The Bertz CT molecular complexity index is 852. The van der Waals surface area contributed by atoms with E-state index in [-0.39, 0.29) is 12.5 Å². The van der Waals surface area contributed by atoms with Crippen LogP contribution in [0, 0.1) is 0 Å². The van der Waals surface area contributed by atoms with Crippen LogP contribution in [0.4, 0.5) is 11.4 Å². The molecule has 0 fully saturated rings. The lowest BCUT2D eigenvalue weighted by molar-refractivity contribution is -0.118. The van der Waals surface area contributed by atoms with Gasteiger partial charge in [0.25, 0.3) is 5.91 Å². The standard InChI is InChI=1S/C17H20N2O5S/c1-19(25(3,21)22)14-7-4-6-13(10-14)18-17(20)12-24-16-9-5-8-15(11-16)23-2/h4-11H,12H2,1-3H3,(H,18,20). The van der Waals surface area contributed by atoms with Crippen LogP contribution in [0.25, 0.3) is 0 Å². The molecule has 0 aromatic heterocycles. The Morgan fingerprint density at radius 1 is 1.12 bits per heavy atom. The Labute approximate surface area is 147 Å². The molecule has 0 aliphatic heterocycles. The number of benzene rings is 2. The van der Waals surface area contributed by atoms with Crippen molar-refractivity contribution < 1.29 is 22.7 Å². The molecule has 2 aromatic carbocycles. The second-order valence-electron chi connectivity index (χ2n) is 5.30. The molecule has 0 aliphatic rings. The summed E-state index contributed by atoms with van der Waals surface area (Å²) in [5.41, 5.74) is 0.932. The van der Waals surface area contributed by atoms with E-state index in [0.717, 1.165) is 10.6 Å². The van der Waals surface area contributed by atoms with Gasteiger partial charge in [-0.1, -0.05) is 12.1 Å². The van der Waals surface area contributed by atoms with Crippen molar-refractivity contribution in [3.63, 3.8) is 0 Å². The normalized spacial score (nSPS) is 10.8. The Kier molecular flexibility index (Phi) is 5.87. The number of rotatable bonds is 7. The molecule has 1 N–H and O–H groups in total. The van der Waals surface area contributed by atoms with Crippen LogP contribution >= 0.6 is 0 Å². The molecule has 25 heavy (non-hydrogen) atoms. The molecule has 0 bridgehead atoms. The Balaban J connectivity index is 1.98. The van der Waals surface area contributed by atoms with E-state index in [1.807, 2.05) is 0 Å². The molecule has 0 saturated heterocycles. The molecule has 1 amide bonds. The lowest BCUT2D eigenvalue weighted by Crippen LogP contribution is -2.25. The van der Waals surface area contributed by atoms with E-state index >= 15 is 0 Å². The summed E-state index contributed by atoms with van der Waals surface area (Å²) >= 11 is 0. The van der Waals surface area contributed by atoms with Crippen LogP contribution in [0.3, 0.4) is 0 Å². The third-order valence-corrected chi connectivity index (χ3v) is 4.61. The second-order valence-corrected chi connectivity index (χ2v) is 7.31. The van der Waals surface area contributed by atoms with E-state index in [1.54, 1.807) is 55.6 Å². The van der Waals surface area contributed by atoms with Gasteiger partial charge in [-0.05, 0) is 30.3 Å². The summed E-state index contributed by atoms with van der Waals surface area (Å²) in [7, 11) is -0.375. The number of nitrogens with one attached hydrogen (secondary N) is 1. The van der Waals surface area contributed by atoms with E-state index in [4.69, 9.17) is 9.47 Å². The highest BCUT2D eigenvalue weighted by atomic mass is 32.2. The number of ether oxygens (including phenoxy) is 2. The van der Waals surface area contributed by atoms with Gasteiger partial charge in [-0.2, -0.15) is 0 Å². The number of nitrogens with zero attached hydrogens (tertiary/aromatic N) is 1. The fourth-order valence-electron chi connectivity index (χ4n) is 2.01. The number of methoxy groups -OCH3 is 1. The molecular formula is C17H20N2O5S. The van der Waals surface area contributed by atoms with Crippen LogP contribution < -0.4 is 19.1 Å². The van der Waals surface area contributed by atoms with Gasteiger partial charge in [0.15, 0.2) is 6.61 Å². The van der Waals surface area contributed by atoms with Crippen molar-refractivity contribution in [2.24, 2.45) is 0 Å². The topological polar surface area (TPSA) is 84.9 Å². The van der Waals surface area contributed by atoms with Crippen molar-refractivity contribution in [1.82, 2.24) is 0 Å². The van der Waals surface area contributed by atoms with E-state index in [9.17, 15) is 13.2 Å². The Morgan fingerprint density at radius 2 is 1.80 bits per heavy atom. The van der Waals surface area contributed by atoms with Crippen molar-refractivity contribution in [2.75, 3.05) is 36.6 Å². The Morgan fingerprint density at radius 3 is 2.48 bits per heavy atom. The quantitative estimate of drug-likeness (QED) is 0.813. The zero-order chi connectivity index (χ0) is 18.4. The lowest BCUT2D eigenvalue weighted by Gasteiger charge is -2.17. The average Bonchev–Trinajstić information content (AvgIpc) is 2.59. The van der Waals surface area contributed by atoms with Crippen LogP contribution in [0.2, 0.25) is 0 Å². The fraction of sp³-hybridized carbons (Fsp3) is 0.235. The van der Waals surface area contributed by atoms with Crippen LogP contribution in [0.1, 0.15) is 0 Å². The van der Waals surface area contributed by atoms with E-state index in [0.29, 0.717) is 22.9 Å². The molecular weight excluding hydrogens is 344 g/mol. The predicted octanol–water partition coefficient (Wildman–Crippen LogP) is 2.11. The van der Waals surface area contributed by atoms with Gasteiger partial charge in [0.05, 0.1) is 19.1 Å². The monoisotopic (exact) mass is 364 g/mol. The van der Waals surface area contributed by atoms with Gasteiger partial charge < -0.3 is 14.8 Å². The molecule has 2 aromatic rings. The largest absolute Gasteiger partial charge is 0.497 e. The number of hydrogen-bond donors (Lipinski definition) is 1. The first-order valence-corrected chi connectivity index (χ1v) is 9.25. The molecule has 0 heterocycles. The smallest absolute Gasteiger partial charge is 0.262 e. The highest BCUT2D eigenvalue weighted by Gasteiger charge is 2.12. The molecule has 0 aliphatic carbocycles. The maximum absolute atomic E-state index is 12.0. The third kappa shape index (κ3) is 5.39. The van der Waals surface area contributed by atoms with E-state index in [1.165, 1.54) is 7.05 Å². The summed E-state index contributed by atoms with van der Waals surface area (Å²) in [5, 5.41) is 2.67. The molecule has 7 nitrogen and oxygen atoms in total. The summed E-state index contributed by atoms with van der Waals surface area (Å²) in [6.45, 7) is -0.181. The summed E-state index contributed by atoms with van der Waals surface area (Å²) in [6, 6.07) is 13.5. The minimum Gasteiger partial charge on any atom is -0.497 e. The molecule has 0 atom stereocenters. The van der Waals surface area contributed by atoms with E-state index in [2.05, 4.69) is 5.32 Å². The van der Waals surface area contributed by atoms with Crippen LogP contribution in [-0.2, 0) is 14.8 Å². The highest BCUT2D eigenvalue weighted by molar-refractivity contribution is 7.92. The van der Waals surface area contributed by atoms with Gasteiger partial charge >= 0.3 is 0 Å². The Hall–Kier alpha value is -2.74. The van der Waals surface area contributed by atoms with Crippen LogP contribution in [0.15, 0.2) is 48.5 Å². The van der Waals surface area contributed by atoms with Gasteiger partial charge in [-0.3, -0.25) is 9.10 Å². The maximum atomic E-state index is 12.0. The van der Waals surface area contributed by atoms with Crippen molar-refractivity contribution in [1.29, 1.82) is 0 Å². The number of carbonyl (C=O) groups excluding carboxylic acids is 1. The molecule has 8 heteroatoms. The molecule has 2 rings (SSSR count). The van der Waals surface area contributed by atoms with Gasteiger partial charge in [0.1, 0.15) is 11.5 Å². The maximum Gasteiger partial charge on any atom is 0.262 e. The van der Waals surface area contributed by atoms with E-state index < -0.39 is 10.0 Å². The van der Waals surface area contributed by atoms with Gasteiger partial charge in [0.2, 0.25) is 10.0 Å². The molecule has 0 spiro atoms. The zero-order valence-electron chi connectivity index (χ0n) is 14.2. The van der Waals surface area contributed by atoms with Gasteiger partial charge in [-0.15, -0.1) is 0 Å². The van der Waals surface area contributed by atoms with Crippen LogP contribution in [-0.4, -0.2) is 41.3 Å². The lowest BCUT2D eigenvalue weighted by atomic mass is 10.3. The molecule has 0 unspecified atom stereocenters. The SMILES string of the molecule is COc1cccc(OCC(=O)Nc2cccc(N(C)S(C)(=O)=O)c2)c1. The fourth-order valence-corrected chi connectivity index (χ4v) is 2.50. The number of anilines is 2.